The Morgan fingerprint density at radius 1 is 1.43 bits per heavy atom. The van der Waals surface area contributed by atoms with Crippen LogP contribution in [0.15, 0.2) is 24.1 Å². The molecule has 0 radical (unpaired) electrons. The van der Waals surface area contributed by atoms with E-state index in [1.807, 2.05) is 0 Å². The number of amides is 1. The van der Waals surface area contributed by atoms with Gasteiger partial charge in [-0.05, 0) is 6.42 Å². The molecule has 0 aromatic carbocycles. The predicted octanol–water partition coefficient (Wildman–Crippen LogP) is 2.44. The van der Waals surface area contributed by atoms with Gasteiger partial charge in [0.15, 0.2) is 0 Å². The third-order valence-electron chi connectivity index (χ3n) is 3.03. The van der Waals surface area contributed by atoms with E-state index in [4.69, 9.17) is 0 Å². The monoisotopic (exact) mass is 312 g/mol. The molecule has 21 heavy (non-hydrogen) atoms. The van der Waals surface area contributed by atoms with Crippen LogP contribution in [0.2, 0.25) is 0 Å². The summed E-state index contributed by atoms with van der Waals surface area (Å²) in [7, 11) is -1.25. The first-order chi connectivity index (χ1) is 10.1. The summed E-state index contributed by atoms with van der Waals surface area (Å²) in [5, 5.41) is 4.21. The van der Waals surface area contributed by atoms with Crippen molar-refractivity contribution < 1.29 is 9.00 Å². The molecule has 6 nitrogen and oxygen atoms in total. The molecule has 0 aliphatic heterocycles. The van der Waals surface area contributed by atoms with Gasteiger partial charge in [0, 0.05) is 18.8 Å². The van der Waals surface area contributed by atoms with E-state index in [1.54, 1.807) is 17.9 Å². The van der Waals surface area contributed by atoms with Crippen LogP contribution < -0.4 is 0 Å². The molecule has 0 aliphatic carbocycles. The number of rotatable bonds is 9. The van der Waals surface area contributed by atoms with Gasteiger partial charge in [-0.3, -0.25) is 4.21 Å². The summed E-state index contributed by atoms with van der Waals surface area (Å²) >= 11 is 0. The molecule has 0 fully saturated rings. The molecule has 0 N–H and O–H groups in total. The Hall–Kier alpha value is -1.50. The van der Waals surface area contributed by atoms with Crippen LogP contribution in [0.3, 0.4) is 0 Å². The van der Waals surface area contributed by atoms with Crippen molar-refractivity contribution in [2.24, 2.45) is 0 Å². The van der Waals surface area contributed by atoms with Crippen LogP contribution in [-0.2, 0) is 10.8 Å². The molecule has 1 rings (SSSR count). The SMILES string of the molecule is C=CCN(CCCCCC)C(=O)n1cnc(S(=O)CC)n1. The van der Waals surface area contributed by atoms with E-state index in [1.165, 1.54) is 12.7 Å². The lowest BCUT2D eigenvalue weighted by Crippen LogP contribution is -2.36. The van der Waals surface area contributed by atoms with Crippen molar-refractivity contribution in [3.8, 4) is 0 Å². The number of carbonyl (C=O) groups is 1. The molecule has 1 aromatic rings. The van der Waals surface area contributed by atoms with Gasteiger partial charge in [0.05, 0.1) is 10.8 Å². The predicted molar refractivity (Wildman–Crippen MR) is 83.7 cm³/mol. The molecule has 1 unspecified atom stereocenters. The number of aromatic nitrogens is 3. The third kappa shape index (κ3) is 5.41. The first-order valence-electron chi connectivity index (χ1n) is 7.34. The van der Waals surface area contributed by atoms with Crippen LogP contribution in [0, 0.1) is 0 Å². The van der Waals surface area contributed by atoms with E-state index >= 15 is 0 Å². The number of unbranched alkanes of at least 4 members (excludes halogenated alkanes) is 3. The number of nitrogens with zero attached hydrogens (tertiary/aromatic N) is 4. The molecule has 0 spiro atoms. The molecule has 7 heteroatoms. The highest BCUT2D eigenvalue weighted by molar-refractivity contribution is 7.84. The van der Waals surface area contributed by atoms with Gasteiger partial charge in [0.2, 0.25) is 5.16 Å². The van der Waals surface area contributed by atoms with E-state index in [-0.39, 0.29) is 11.2 Å². The molecule has 0 saturated heterocycles. The minimum absolute atomic E-state index is 0.204. The van der Waals surface area contributed by atoms with Crippen molar-refractivity contribution in [3.63, 3.8) is 0 Å². The van der Waals surface area contributed by atoms with Crippen molar-refractivity contribution in [1.29, 1.82) is 0 Å². The standard InChI is InChI=1S/C14H24N4O2S/c1-4-7-8-9-11-17(10-5-2)14(19)18-12-15-13(16-18)21(20)6-3/h5,12H,2,4,6-11H2,1,3H3. The molecule has 0 saturated carbocycles. The number of hydrogen-bond acceptors (Lipinski definition) is 4. The van der Waals surface area contributed by atoms with Crippen LogP contribution >= 0.6 is 0 Å². The molecular formula is C14H24N4O2S. The topological polar surface area (TPSA) is 68.1 Å². The highest BCUT2D eigenvalue weighted by Crippen LogP contribution is 2.05. The second kappa shape index (κ2) is 9.44. The molecule has 1 amide bonds. The molecule has 1 heterocycles. The fourth-order valence-electron chi connectivity index (χ4n) is 1.87. The van der Waals surface area contributed by atoms with Gasteiger partial charge in [-0.15, -0.1) is 11.7 Å². The molecule has 1 aromatic heterocycles. The Labute approximate surface area is 128 Å². The lowest BCUT2D eigenvalue weighted by Gasteiger charge is -2.20. The summed E-state index contributed by atoms with van der Waals surface area (Å²) in [4.78, 5) is 18.0. The van der Waals surface area contributed by atoms with Gasteiger partial charge < -0.3 is 4.90 Å². The second-order valence-corrected chi connectivity index (χ2v) is 6.32. The summed E-state index contributed by atoms with van der Waals surface area (Å²) in [5.41, 5.74) is 0. The van der Waals surface area contributed by atoms with Crippen LogP contribution in [-0.4, -0.2) is 48.7 Å². The Balaban J connectivity index is 2.68. The van der Waals surface area contributed by atoms with Crippen LogP contribution in [0.25, 0.3) is 0 Å². The second-order valence-electron chi connectivity index (χ2n) is 4.68. The molecule has 1 atom stereocenters. The fourth-order valence-corrected chi connectivity index (χ4v) is 2.47. The highest BCUT2D eigenvalue weighted by Gasteiger charge is 2.17. The van der Waals surface area contributed by atoms with E-state index in [0.29, 0.717) is 18.8 Å². The van der Waals surface area contributed by atoms with Crippen LogP contribution in [0.4, 0.5) is 4.79 Å². The molecule has 118 valence electrons. The maximum Gasteiger partial charge on any atom is 0.346 e. The van der Waals surface area contributed by atoms with Gasteiger partial charge in [-0.25, -0.2) is 9.78 Å². The highest BCUT2D eigenvalue weighted by atomic mass is 32.2. The van der Waals surface area contributed by atoms with Crippen molar-refractivity contribution in [2.45, 2.75) is 44.7 Å². The van der Waals surface area contributed by atoms with E-state index in [2.05, 4.69) is 23.6 Å². The van der Waals surface area contributed by atoms with Gasteiger partial charge in [0.25, 0.3) is 0 Å². The smallest absolute Gasteiger partial charge is 0.319 e. The zero-order valence-electron chi connectivity index (χ0n) is 12.8. The summed E-state index contributed by atoms with van der Waals surface area (Å²) in [6.07, 6.45) is 7.40. The van der Waals surface area contributed by atoms with E-state index in [9.17, 15) is 9.00 Å². The normalized spacial score (nSPS) is 12.1. The van der Waals surface area contributed by atoms with Crippen molar-refractivity contribution in [1.82, 2.24) is 19.7 Å². The lowest BCUT2D eigenvalue weighted by molar-refractivity contribution is 0.200. The summed E-state index contributed by atoms with van der Waals surface area (Å²) in [6, 6.07) is -0.252. The number of hydrogen-bond donors (Lipinski definition) is 0. The molecule has 0 bridgehead atoms. The fraction of sp³-hybridized carbons (Fsp3) is 0.643. The van der Waals surface area contributed by atoms with Crippen molar-refractivity contribution in [3.05, 3.63) is 19.0 Å². The Morgan fingerprint density at radius 3 is 2.81 bits per heavy atom. The van der Waals surface area contributed by atoms with E-state index in [0.717, 1.165) is 23.9 Å². The zero-order valence-corrected chi connectivity index (χ0v) is 13.6. The van der Waals surface area contributed by atoms with Gasteiger partial charge in [-0.1, -0.05) is 39.2 Å². The van der Waals surface area contributed by atoms with Gasteiger partial charge in [-0.2, -0.15) is 4.68 Å². The molecule has 0 aliphatic rings. The average molecular weight is 312 g/mol. The summed E-state index contributed by atoms with van der Waals surface area (Å²) in [6.45, 7) is 8.75. The first kappa shape index (κ1) is 17.6. The van der Waals surface area contributed by atoms with Crippen LogP contribution in [0.1, 0.15) is 39.5 Å². The molecular weight excluding hydrogens is 288 g/mol. The Morgan fingerprint density at radius 2 is 2.19 bits per heavy atom. The van der Waals surface area contributed by atoms with E-state index < -0.39 is 10.8 Å². The maximum atomic E-state index is 12.4. The first-order valence-corrected chi connectivity index (χ1v) is 8.66. The largest absolute Gasteiger partial charge is 0.346 e. The zero-order chi connectivity index (χ0) is 15.7. The van der Waals surface area contributed by atoms with Crippen molar-refractivity contribution >= 4 is 16.8 Å². The number of carbonyl (C=O) groups excluding carboxylic acids is 1. The summed E-state index contributed by atoms with van der Waals surface area (Å²) < 4.78 is 12.8. The lowest BCUT2D eigenvalue weighted by atomic mass is 10.2. The quantitative estimate of drug-likeness (QED) is 0.519. The Kier molecular flexibility index (Phi) is 7.89. The van der Waals surface area contributed by atoms with Gasteiger partial charge in [0.1, 0.15) is 6.33 Å². The van der Waals surface area contributed by atoms with Crippen molar-refractivity contribution in [2.75, 3.05) is 18.8 Å². The van der Waals surface area contributed by atoms with Crippen LogP contribution in [0.5, 0.6) is 0 Å². The van der Waals surface area contributed by atoms with Gasteiger partial charge >= 0.3 is 6.03 Å². The average Bonchev–Trinajstić information content (AvgIpc) is 2.98. The summed E-state index contributed by atoms with van der Waals surface area (Å²) in [5.74, 6) is 0.436. The Bertz CT molecular complexity index is 487. The third-order valence-corrected chi connectivity index (χ3v) is 4.15. The minimum Gasteiger partial charge on any atom is -0.319 e. The maximum absolute atomic E-state index is 12.4. The minimum atomic E-state index is -1.25.